The Morgan fingerprint density at radius 3 is 2.38 bits per heavy atom. The van der Waals surface area contributed by atoms with Crippen molar-refractivity contribution < 1.29 is 4.79 Å². The summed E-state index contributed by atoms with van der Waals surface area (Å²) in [5, 5.41) is 11.6. The van der Waals surface area contributed by atoms with Crippen molar-refractivity contribution in [1.82, 2.24) is 5.32 Å². The zero-order chi connectivity index (χ0) is 12.2. The smallest absolute Gasteiger partial charge is 0.251 e. The average Bonchev–Trinajstić information content (AvgIpc) is 2.28. The maximum Gasteiger partial charge on any atom is 0.251 e. The second-order valence-corrected chi connectivity index (χ2v) is 4.38. The normalized spacial score (nSPS) is 10.6. The van der Waals surface area contributed by atoms with Gasteiger partial charge in [0.05, 0.1) is 11.6 Å². The van der Waals surface area contributed by atoms with Gasteiger partial charge in [-0.1, -0.05) is 6.92 Å². The minimum absolute atomic E-state index is 0.101. The van der Waals surface area contributed by atoms with Crippen LogP contribution in [0.3, 0.4) is 0 Å². The second kappa shape index (κ2) is 4.80. The predicted molar refractivity (Wildman–Crippen MR) is 63.0 cm³/mol. The zero-order valence-electron chi connectivity index (χ0n) is 9.87. The van der Waals surface area contributed by atoms with Crippen LogP contribution in [0.15, 0.2) is 24.3 Å². The highest BCUT2D eigenvalue weighted by molar-refractivity contribution is 5.94. The van der Waals surface area contributed by atoms with E-state index in [4.69, 9.17) is 5.26 Å². The van der Waals surface area contributed by atoms with Gasteiger partial charge in [0.15, 0.2) is 0 Å². The molecule has 0 aliphatic heterocycles. The molecule has 3 nitrogen and oxygen atoms in total. The molecular formula is C13H16N2O. The fourth-order valence-corrected chi connectivity index (χ4v) is 1.16. The van der Waals surface area contributed by atoms with Gasteiger partial charge in [-0.25, -0.2) is 0 Å². The molecule has 1 N–H and O–H groups in total. The average molecular weight is 216 g/mol. The van der Waals surface area contributed by atoms with Crippen molar-refractivity contribution >= 4 is 5.91 Å². The molecule has 0 saturated carbocycles. The number of nitrogens with zero attached hydrogens (tertiary/aromatic N) is 1. The lowest BCUT2D eigenvalue weighted by Gasteiger charge is -2.24. The van der Waals surface area contributed by atoms with Gasteiger partial charge in [-0.3, -0.25) is 4.79 Å². The summed E-state index contributed by atoms with van der Waals surface area (Å²) in [5.41, 5.74) is 0.942. The molecular weight excluding hydrogens is 200 g/mol. The zero-order valence-corrected chi connectivity index (χ0v) is 9.87. The van der Waals surface area contributed by atoms with Gasteiger partial charge in [-0.05, 0) is 44.5 Å². The van der Waals surface area contributed by atoms with E-state index >= 15 is 0 Å². The summed E-state index contributed by atoms with van der Waals surface area (Å²) in [6.07, 6.45) is 0.870. The SMILES string of the molecule is CCC(C)(C)NC(=O)c1ccc(C#N)cc1. The molecule has 0 aliphatic carbocycles. The third-order valence-corrected chi connectivity index (χ3v) is 2.61. The van der Waals surface area contributed by atoms with Crippen LogP contribution in [0.4, 0.5) is 0 Å². The Labute approximate surface area is 96.1 Å². The van der Waals surface area contributed by atoms with Gasteiger partial charge in [-0.2, -0.15) is 5.26 Å². The van der Waals surface area contributed by atoms with Crippen LogP contribution in [0.25, 0.3) is 0 Å². The Bertz CT molecular complexity index is 413. The first-order valence-corrected chi connectivity index (χ1v) is 5.31. The van der Waals surface area contributed by atoms with Crippen LogP contribution in [0.1, 0.15) is 43.1 Å². The molecule has 1 amide bonds. The van der Waals surface area contributed by atoms with E-state index in [1.54, 1.807) is 24.3 Å². The van der Waals surface area contributed by atoms with Crippen molar-refractivity contribution in [3.8, 4) is 6.07 Å². The summed E-state index contributed by atoms with van der Waals surface area (Å²) < 4.78 is 0. The second-order valence-electron chi connectivity index (χ2n) is 4.38. The van der Waals surface area contributed by atoms with Crippen LogP contribution >= 0.6 is 0 Å². The van der Waals surface area contributed by atoms with Gasteiger partial charge in [-0.15, -0.1) is 0 Å². The summed E-state index contributed by atoms with van der Waals surface area (Å²) in [6, 6.07) is 8.65. The Morgan fingerprint density at radius 1 is 1.38 bits per heavy atom. The first-order valence-electron chi connectivity index (χ1n) is 5.31. The van der Waals surface area contributed by atoms with Crippen molar-refractivity contribution in [3.05, 3.63) is 35.4 Å². The molecule has 0 atom stereocenters. The lowest BCUT2D eigenvalue weighted by atomic mass is 10.0. The molecule has 0 bridgehead atoms. The Hall–Kier alpha value is -1.82. The van der Waals surface area contributed by atoms with Crippen molar-refractivity contribution in [2.45, 2.75) is 32.7 Å². The third-order valence-electron chi connectivity index (χ3n) is 2.61. The van der Waals surface area contributed by atoms with Crippen molar-refractivity contribution in [1.29, 1.82) is 5.26 Å². The highest BCUT2D eigenvalue weighted by Crippen LogP contribution is 2.10. The van der Waals surface area contributed by atoms with Crippen LogP contribution in [-0.2, 0) is 0 Å². The fourth-order valence-electron chi connectivity index (χ4n) is 1.16. The number of nitriles is 1. The number of hydrogen-bond acceptors (Lipinski definition) is 2. The largest absolute Gasteiger partial charge is 0.347 e. The highest BCUT2D eigenvalue weighted by Gasteiger charge is 2.18. The first-order chi connectivity index (χ1) is 7.48. The summed E-state index contributed by atoms with van der Waals surface area (Å²) in [5.74, 6) is -0.101. The van der Waals surface area contributed by atoms with Crippen LogP contribution < -0.4 is 5.32 Å². The summed E-state index contributed by atoms with van der Waals surface area (Å²) in [4.78, 5) is 11.8. The van der Waals surface area contributed by atoms with Gasteiger partial charge in [0.2, 0.25) is 0 Å². The van der Waals surface area contributed by atoms with Crippen LogP contribution in [0.2, 0.25) is 0 Å². The number of hydrogen-bond donors (Lipinski definition) is 1. The molecule has 1 aromatic rings. The van der Waals surface area contributed by atoms with Gasteiger partial charge in [0, 0.05) is 11.1 Å². The van der Waals surface area contributed by atoms with E-state index in [1.165, 1.54) is 0 Å². The van der Waals surface area contributed by atoms with Crippen molar-refractivity contribution in [2.75, 3.05) is 0 Å². The number of rotatable bonds is 3. The third kappa shape index (κ3) is 3.09. The lowest BCUT2D eigenvalue weighted by Crippen LogP contribution is -2.42. The summed E-state index contributed by atoms with van der Waals surface area (Å²) >= 11 is 0. The molecule has 0 aliphatic rings. The standard InChI is InChI=1S/C13H16N2O/c1-4-13(2,3)15-12(16)11-7-5-10(9-14)6-8-11/h5-8H,4H2,1-3H3,(H,15,16). The molecule has 0 radical (unpaired) electrons. The highest BCUT2D eigenvalue weighted by atomic mass is 16.1. The molecule has 84 valence electrons. The van der Waals surface area contributed by atoms with E-state index in [-0.39, 0.29) is 11.4 Å². The molecule has 0 fully saturated rings. The molecule has 1 rings (SSSR count). The molecule has 0 saturated heterocycles. The Kier molecular flexibility index (Phi) is 3.68. The van der Waals surface area contributed by atoms with Gasteiger partial charge >= 0.3 is 0 Å². The van der Waals surface area contributed by atoms with E-state index in [2.05, 4.69) is 5.32 Å². The van der Waals surface area contributed by atoms with E-state index in [0.717, 1.165) is 6.42 Å². The number of nitrogens with one attached hydrogen (secondary N) is 1. The molecule has 0 unspecified atom stereocenters. The fraction of sp³-hybridized carbons (Fsp3) is 0.385. The maximum absolute atomic E-state index is 11.8. The number of carbonyl (C=O) groups is 1. The van der Waals surface area contributed by atoms with Crippen LogP contribution in [-0.4, -0.2) is 11.4 Å². The minimum Gasteiger partial charge on any atom is -0.347 e. The van der Waals surface area contributed by atoms with Crippen LogP contribution in [0, 0.1) is 11.3 Å². The Balaban J connectivity index is 2.78. The molecule has 0 heterocycles. The number of amides is 1. The minimum atomic E-state index is -0.203. The predicted octanol–water partition coefficient (Wildman–Crippen LogP) is 2.48. The van der Waals surface area contributed by atoms with Gasteiger partial charge in [0.25, 0.3) is 5.91 Å². The molecule has 16 heavy (non-hydrogen) atoms. The van der Waals surface area contributed by atoms with E-state index in [9.17, 15) is 4.79 Å². The van der Waals surface area contributed by atoms with E-state index in [1.807, 2.05) is 26.8 Å². The number of benzene rings is 1. The molecule has 0 spiro atoms. The first kappa shape index (κ1) is 12.3. The van der Waals surface area contributed by atoms with E-state index in [0.29, 0.717) is 11.1 Å². The quantitative estimate of drug-likeness (QED) is 0.843. The van der Waals surface area contributed by atoms with Crippen molar-refractivity contribution in [2.24, 2.45) is 0 Å². The summed E-state index contributed by atoms with van der Waals surface area (Å²) in [7, 11) is 0. The van der Waals surface area contributed by atoms with Gasteiger partial charge in [0.1, 0.15) is 0 Å². The van der Waals surface area contributed by atoms with Crippen molar-refractivity contribution in [3.63, 3.8) is 0 Å². The topological polar surface area (TPSA) is 52.9 Å². The van der Waals surface area contributed by atoms with E-state index < -0.39 is 0 Å². The monoisotopic (exact) mass is 216 g/mol. The lowest BCUT2D eigenvalue weighted by molar-refractivity contribution is 0.0911. The Morgan fingerprint density at radius 2 is 1.94 bits per heavy atom. The van der Waals surface area contributed by atoms with Gasteiger partial charge < -0.3 is 5.32 Å². The summed E-state index contributed by atoms with van der Waals surface area (Å²) in [6.45, 7) is 5.99. The molecule has 1 aromatic carbocycles. The van der Waals surface area contributed by atoms with Crippen LogP contribution in [0.5, 0.6) is 0 Å². The maximum atomic E-state index is 11.8. The molecule has 0 aromatic heterocycles. The number of carbonyl (C=O) groups excluding carboxylic acids is 1. The molecule has 3 heteroatoms.